The number of carbonyl (C=O) groups excluding carboxylic acids is 1. The van der Waals surface area contributed by atoms with Gasteiger partial charge < -0.3 is 14.4 Å². The highest BCUT2D eigenvalue weighted by atomic mass is 19.4. The molecule has 0 bridgehead atoms. The van der Waals surface area contributed by atoms with Gasteiger partial charge in [-0.25, -0.2) is 0 Å². The molecule has 128 valence electrons. The molecule has 1 aromatic carbocycles. The number of alkyl halides is 3. The van der Waals surface area contributed by atoms with Gasteiger partial charge in [0.15, 0.2) is 0 Å². The Bertz CT molecular complexity index is 552. The van der Waals surface area contributed by atoms with Crippen molar-refractivity contribution in [3.63, 3.8) is 0 Å². The van der Waals surface area contributed by atoms with Crippen LogP contribution < -0.4 is 4.74 Å². The van der Waals surface area contributed by atoms with Crippen molar-refractivity contribution in [2.75, 3.05) is 26.8 Å². The highest BCUT2D eigenvalue weighted by Gasteiger charge is 2.33. The molecule has 0 radical (unpaired) electrons. The fraction of sp³-hybridized carbons (Fsp3) is 0.562. The van der Waals surface area contributed by atoms with Gasteiger partial charge in [-0.15, -0.1) is 0 Å². The number of hydrogen-bond donors (Lipinski definition) is 0. The highest BCUT2D eigenvalue weighted by molar-refractivity contribution is 5.77. The summed E-state index contributed by atoms with van der Waals surface area (Å²) in [5, 5.41) is 0. The minimum absolute atomic E-state index is 0.0401. The number of benzene rings is 1. The summed E-state index contributed by atoms with van der Waals surface area (Å²) >= 11 is 0. The molecule has 0 N–H and O–H groups in total. The number of piperidine rings is 1. The summed E-state index contributed by atoms with van der Waals surface area (Å²) in [6, 6.07) is 4.00. The minimum Gasteiger partial charge on any atom is -0.490 e. The summed E-state index contributed by atoms with van der Waals surface area (Å²) in [7, 11) is 1.46. The SMILES string of the molecule is COCC(=O)N1CCC(Oc2ccc(C)c(C(F)(F)F)c2)CC1. The molecular weight excluding hydrogens is 311 g/mol. The van der Waals surface area contributed by atoms with Crippen LogP contribution in [0.5, 0.6) is 5.75 Å². The van der Waals surface area contributed by atoms with Gasteiger partial charge in [0.05, 0.1) is 5.56 Å². The zero-order valence-electron chi connectivity index (χ0n) is 13.2. The number of hydrogen-bond acceptors (Lipinski definition) is 3. The van der Waals surface area contributed by atoms with Gasteiger partial charge in [-0.1, -0.05) is 6.07 Å². The predicted octanol–water partition coefficient (Wildman–Crippen LogP) is 3.03. The number of carbonyl (C=O) groups is 1. The first-order valence-electron chi connectivity index (χ1n) is 7.42. The van der Waals surface area contributed by atoms with Crippen molar-refractivity contribution in [2.45, 2.75) is 32.0 Å². The van der Waals surface area contributed by atoms with Crippen LogP contribution in [0.1, 0.15) is 24.0 Å². The molecule has 2 rings (SSSR count). The van der Waals surface area contributed by atoms with Gasteiger partial charge in [0, 0.05) is 33.0 Å². The summed E-state index contributed by atoms with van der Waals surface area (Å²) in [6.45, 7) is 2.50. The fourth-order valence-corrected chi connectivity index (χ4v) is 2.61. The summed E-state index contributed by atoms with van der Waals surface area (Å²) < 4.78 is 49.2. The molecule has 1 saturated heterocycles. The van der Waals surface area contributed by atoms with Crippen molar-refractivity contribution in [3.8, 4) is 5.75 Å². The molecule has 1 aliphatic heterocycles. The van der Waals surface area contributed by atoms with Crippen LogP contribution in [0, 0.1) is 6.92 Å². The lowest BCUT2D eigenvalue weighted by Crippen LogP contribution is -2.43. The lowest BCUT2D eigenvalue weighted by atomic mass is 10.1. The number of nitrogens with zero attached hydrogens (tertiary/aromatic N) is 1. The quantitative estimate of drug-likeness (QED) is 0.851. The van der Waals surface area contributed by atoms with Crippen molar-refractivity contribution in [3.05, 3.63) is 29.3 Å². The van der Waals surface area contributed by atoms with Crippen molar-refractivity contribution in [1.82, 2.24) is 4.90 Å². The van der Waals surface area contributed by atoms with Gasteiger partial charge in [-0.05, 0) is 24.6 Å². The fourth-order valence-electron chi connectivity index (χ4n) is 2.61. The molecule has 4 nitrogen and oxygen atoms in total. The third kappa shape index (κ3) is 4.60. The van der Waals surface area contributed by atoms with Crippen LogP contribution in [0.2, 0.25) is 0 Å². The number of likely N-dealkylation sites (tertiary alicyclic amines) is 1. The maximum Gasteiger partial charge on any atom is 0.416 e. The summed E-state index contributed by atoms with van der Waals surface area (Å²) in [4.78, 5) is 13.4. The molecule has 1 aliphatic rings. The number of methoxy groups -OCH3 is 1. The van der Waals surface area contributed by atoms with Gasteiger partial charge in [0.2, 0.25) is 5.91 Å². The van der Waals surface area contributed by atoms with Crippen LogP contribution >= 0.6 is 0 Å². The molecule has 0 saturated carbocycles. The molecule has 0 unspecified atom stereocenters. The molecule has 0 aliphatic carbocycles. The van der Waals surface area contributed by atoms with E-state index in [-0.39, 0.29) is 29.9 Å². The zero-order chi connectivity index (χ0) is 17.0. The van der Waals surface area contributed by atoms with Crippen LogP contribution in [0.4, 0.5) is 13.2 Å². The second-order valence-electron chi connectivity index (χ2n) is 5.61. The monoisotopic (exact) mass is 331 g/mol. The Balaban J connectivity index is 1.96. The van der Waals surface area contributed by atoms with Gasteiger partial charge in [0.1, 0.15) is 18.5 Å². The molecule has 1 aromatic rings. The van der Waals surface area contributed by atoms with E-state index in [0.29, 0.717) is 25.9 Å². The number of halogens is 3. The molecule has 0 spiro atoms. The molecule has 23 heavy (non-hydrogen) atoms. The Hall–Kier alpha value is -1.76. The second kappa shape index (κ2) is 7.21. The van der Waals surface area contributed by atoms with Gasteiger partial charge in [-0.2, -0.15) is 13.2 Å². The van der Waals surface area contributed by atoms with E-state index in [1.807, 2.05) is 0 Å². The zero-order valence-corrected chi connectivity index (χ0v) is 13.2. The van der Waals surface area contributed by atoms with Gasteiger partial charge in [-0.3, -0.25) is 4.79 Å². The van der Waals surface area contributed by atoms with E-state index < -0.39 is 11.7 Å². The average Bonchev–Trinajstić information content (AvgIpc) is 2.49. The topological polar surface area (TPSA) is 38.8 Å². The highest BCUT2D eigenvalue weighted by Crippen LogP contribution is 2.34. The number of ether oxygens (including phenoxy) is 2. The molecular formula is C16H20F3NO3. The maximum absolute atomic E-state index is 12.9. The molecule has 1 heterocycles. The first-order valence-corrected chi connectivity index (χ1v) is 7.42. The largest absolute Gasteiger partial charge is 0.490 e. The third-order valence-corrected chi connectivity index (χ3v) is 3.88. The average molecular weight is 331 g/mol. The summed E-state index contributed by atoms with van der Waals surface area (Å²) in [5.74, 6) is 0.130. The minimum atomic E-state index is -4.39. The van der Waals surface area contributed by atoms with E-state index >= 15 is 0 Å². The van der Waals surface area contributed by atoms with Crippen molar-refractivity contribution in [1.29, 1.82) is 0 Å². The Labute approximate surface area is 133 Å². The van der Waals surface area contributed by atoms with E-state index in [4.69, 9.17) is 9.47 Å². The third-order valence-electron chi connectivity index (χ3n) is 3.88. The Kier molecular flexibility index (Phi) is 5.51. The van der Waals surface area contributed by atoms with Crippen LogP contribution in [0.25, 0.3) is 0 Å². The standard InChI is InChI=1S/C16H20F3NO3/c1-11-3-4-13(9-14(11)16(17,18)19)23-12-5-7-20(8-6-12)15(21)10-22-2/h3-4,9,12H,5-8,10H2,1-2H3. The summed E-state index contributed by atoms with van der Waals surface area (Å²) in [6.07, 6.45) is -3.40. The molecule has 1 amide bonds. The molecule has 0 atom stereocenters. The van der Waals surface area contributed by atoms with Crippen LogP contribution in [-0.2, 0) is 15.7 Å². The lowest BCUT2D eigenvalue weighted by Gasteiger charge is -2.32. The summed E-state index contributed by atoms with van der Waals surface area (Å²) in [5.41, 5.74) is -0.507. The second-order valence-corrected chi connectivity index (χ2v) is 5.61. The number of rotatable bonds is 4. The first-order chi connectivity index (χ1) is 10.8. The Morgan fingerprint density at radius 2 is 1.96 bits per heavy atom. The van der Waals surface area contributed by atoms with Crippen molar-refractivity contribution < 1.29 is 27.4 Å². The maximum atomic E-state index is 12.9. The smallest absolute Gasteiger partial charge is 0.416 e. The lowest BCUT2D eigenvalue weighted by molar-refractivity contribution is -0.139. The van der Waals surface area contributed by atoms with E-state index in [9.17, 15) is 18.0 Å². The van der Waals surface area contributed by atoms with E-state index in [0.717, 1.165) is 6.07 Å². The van der Waals surface area contributed by atoms with Crippen molar-refractivity contribution in [2.24, 2.45) is 0 Å². The van der Waals surface area contributed by atoms with E-state index in [2.05, 4.69) is 0 Å². The first kappa shape index (κ1) is 17.6. The van der Waals surface area contributed by atoms with E-state index in [1.54, 1.807) is 11.0 Å². The van der Waals surface area contributed by atoms with Gasteiger partial charge in [0.25, 0.3) is 0 Å². The Morgan fingerprint density at radius 3 is 2.52 bits per heavy atom. The van der Waals surface area contributed by atoms with Crippen LogP contribution in [0.3, 0.4) is 0 Å². The van der Waals surface area contributed by atoms with Crippen LogP contribution in [0.15, 0.2) is 18.2 Å². The van der Waals surface area contributed by atoms with Crippen molar-refractivity contribution >= 4 is 5.91 Å². The number of amides is 1. The Morgan fingerprint density at radius 1 is 1.30 bits per heavy atom. The number of aryl methyl sites for hydroxylation is 1. The normalized spacial score (nSPS) is 16.5. The van der Waals surface area contributed by atoms with Gasteiger partial charge >= 0.3 is 6.18 Å². The van der Waals surface area contributed by atoms with Crippen LogP contribution in [-0.4, -0.2) is 43.7 Å². The van der Waals surface area contributed by atoms with E-state index in [1.165, 1.54) is 20.1 Å². The predicted molar refractivity (Wildman–Crippen MR) is 78.3 cm³/mol. The molecule has 1 fully saturated rings. The molecule has 0 aromatic heterocycles. The molecule has 7 heteroatoms.